The molecule has 174 valence electrons. The van der Waals surface area contributed by atoms with Crippen molar-refractivity contribution < 1.29 is 14.2 Å². The molecule has 1 aromatic rings. The average Bonchev–Trinajstić information content (AvgIpc) is 3.63. The highest BCUT2D eigenvalue weighted by molar-refractivity contribution is 5.79. The molecular formula is C24H40N4O3. The van der Waals surface area contributed by atoms with Crippen LogP contribution in [0, 0.1) is 5.92 Å². The summed E-state index contributed by atoms with van der Waals surface area (Å²) in [7, 11) is 3.98. The van der Waals surface area contributed by atoms with E-state index in [4.69, 9.17) is 14.2 Å². The lowest BCUT2D eigenvalue weighted by Gasteiger charge is -2.31. The number of aliphatic imine (C=N–C) groups is 1. The number of likely N-dealkylation sites (N-methyl/N-ethyl adjacent to an activating group) is 1. The van der Waals surface area contributed by atoms with Crippen LogP contribution in [0.25, 0.3) is 0 Å². The van der Waals surface area contributed by atoms with Gasteiger partial charge in [0.25, 0.3) is 0 Å². The van der Waals surface area contributed by atoms with E-state index < -0.39 is 0 Å². The Hall–Kier alpha value is -1.83. The second kappa shape index (κ2) is 13.6. The zero-order valence-corrected chi connectivity index (χ0v) is 19.3. The van der Waals surface area contributed by atoms with Gasteiger partial charge >= 0.3 is 0 Å². The number of rotatable bonds is 13. The standard InChI is InChI=1S/C24H40N4O3/c1-25-24(26-11-4-13-30-19-20-7-8-20)27-18-21-5-3-6-23(17-21)31-16-12-28(2)22-9-14-29-15-10-22/h3,5-6,17,20,22H,4,7-16,18-19H2,1-2H3,(H2,25,26,27). The zero-order valence-electron chi connectivity index (χ0n) is 19.3. The highest BCUT2D eigenvalue weighted by Gasteiger charge is 2.20. The topological polar surface area (TPSA) is 67.4 Å². The molecule has 0 spiro atoms. The highest BCUT2D eigenvalue weighted by atomic mass is 16.5. The molecule has 2 aliphatic rings. The Bertz CT molecular complexity index is 660. The van der Waals surface area contributed by atoms with Crippen molar-refractivity contribution >= 4 is 5.96 Å². The van der Waals surface area contributed by atoms with Crippen LogP contribution in [0.4, 0.5) is 0 Å². The monoisotopic (exact) mass is 432 g/mol. The van der Waals surface area contributed by atoms with Crippen LogP contribution in [-0.4, -0.2) is 77.1 Å². The Balaban J connectivity index is 1.30. The lowest BCUT2D eigenvalue weighted by Crippen LogP contribution is -2.38. The molecule has 7 nitrogen and oxygen atoms in total. The second-order valence-electron chi connectivity index (χ2n) is 8.54. The van der Waals surface area contributed by atoms with Gasteiger partial charge in [-0.25, -0.2) is 0 Å². The van der Waals surface area contributed by atoms with Crippen molar-refractivity contribution in [2.45, 2.75) is 44.7 Å². The minimum atomic E-state index is 0.608. The maximum absolute atomic E-state index is 6.00. The number of guanidine groups is 1. The summed E-state index contributed by atoms with van der Waals surface area (Å²) in [6.45, 7) is 6.66. The summed E-state index contributed by atoms with van der Waals surface area (Å²) in [5, 5.41) is 6.72. The van der Waals surface area contributed by atoms with Crippen molar-refractivity contribution in [1.29, 1.82) is 0 Å². The summed E-state index contributed by atoms with van der Waals surface area (Å²) in [4.78, 5) is 6.69. The molecule has 0 aromatic heterocycles. The zero-order chi connectivity index (χ0) is 21.7. The quantitative estimate of drug-likeness (QED) is 0.284. The summed E-state index contributed by atoms with van der Waals surface area (Å²) in [5.74, 6) is 2.55. The van der Waals surface area contributed by atoms with Crippen molar-refractivity contribution in [3.8, 4) is 5.75 Å². The molecule has 0 bridgehead atoms. The molecule has 2 fully saturated rings. The van der Waals surface area contributed by atoms with Gasteiger partial charge in [0.05, 0.1) is 0 Å². The van der Waals surface area contributed by atoms with Crippen LogP contribution in [0.1, 0.15) is 37.7 Å². The van der Waals surface area contributed by atoms with Crippen molar-refractivity contribution in [3.05, 3.63) is 29.8 Å². The molecule has 1 aromatic carbocycles. The third-order valence-corrected chi connectivity index (χ3v) is 5.92. The summed E-state index contributed by atoms with van der Waals surface area (Å²) in [5.41, 5.74) is 1.17. The molecule has 1 aliphatic carbocycles. The van der Waals surface area contributed by atoms with Crippen LogP contribution in [0.3, 0.4) is 0 Å². The number of ether oxygens (including phenoxy) is 3. The molecule has 2 N–H and O–H groups in total. The third-order valence-electron chi connectivity index (χ3n) is 5.92. The molecule has 0 radical (unpaired) electrons. The van der Waals surface area contributed by atoms with E-state index in [1.807, 2.05) is 12.1 Å². The van der Waals surface area contributed by atoms with Crippen LogP contribution < -0.4 is 15.4 Å². The highest BCUT2D eigenvalue weighted by Crippen LogP contribution is 2.28. The Morgan fingerprint density at radius 3 is 2.77 bits per heavy atom. The molecule has 1 saturated heterocycles. The van der Waals surface area contributed by atoms with E-state index in [2.05, 4.69) is 39.7 Å². The number of hydrogen-bond acceptors (Lipinski definition) is 5. The van der Waals surface area contributed by atoms with E-state index in [-0.39, 0.29) is 0 Å². The normalized spacial score (nSPS) is 17.7. The van der Waals surface area contributed by atoms with Gasteiger partial charge in [-0.1, -0.05) is 12.1 Å². The molecule has 0 unspecified atom stereocenters. The van der Waals surface area contributed by atoms with Gasteiger partial charge < -0.3 is 24.8 Å². The minimum Gasteiger partial charge on any atom is -0.492 e. The lowest BCUT2D eigenvalue weighted by molar-refractivity contribution is 0.0392. The Labute approximate surface area is 187 Å². The summed E-state index contributed by atoms with van der Waals surface area (Å²) >= 11 is 0. The smallest absolute Gasteiger partial charge is 0.191 e. The van der Waals surface area contributed by atoms with E-state index >= 15 is 0 Å². The average molecular weight is 433 g/mol. The Morgan fingerprint density at radius 1 is 1.16 bits per heavy atom. The lowest BCUT2D eigenvalue weighted by atomic mass is 10.1. The minimum absolute atomic E-state index is 0.608. The first-order chi connectivity index (χ1) is 15.2. The van der Waals surface area contributed by atoms with Crippen LogP contribution in [0.5, 0.6) is 5.75 Å². The van der Waals surface area contributed by atoms with Crippen molar-refractivity contribution in [1.82, 2.24) is 15.5 Å². The van der Waals surface area contributed by atoms with Gasteiger partial charge in [-0.3, -0.25) is 9.89 Å². The van der Waals surface area contributed by atoms with E-state index in [1.54, 1.807) is 7.05 Å². The fraction of sp³-hybridized carbons (Fsp3) is 0.708. The number of benzene rings is 1. The predicted molar refractivity (Wildman–Crippen MR) is 125 cm³/mol. The fourth-order valence-electron chi connectivity index (χ4n) is 3.68. The molecule has 1 heterocycles. The first-order valence-corrected chi connectivity index (χ1v) is 11.8. The van der Waals surface area contributed by atoms with Gasteiger partial charge in [0.1, 0.15) is 12.4 Å². The van der Waals surface area contributed by atoms with Gasteiger partial charge in [0.15, 0.2) is 5.96 Å². The summed E-state index contributed by atoms with van der Waals surface area (Å²) in [6, 6.07) is 8.87. The molecule has 7 heteroatoms. The first-order valence-electron chi connectivity index (χ1n) is 11.8. The molecule has 0 atom stereocenters. The van der Waals surface area contributed by atoms with E-state index in [1.165, 1.54) is 18.4 Å². The van der Waals surface area contributed by atoms with Crippen molar-refractivity contribution in [2.75, 3.05) is 60.2 Å². The van der Waals surface area contributed by atoms with Gasteiger partial charge in [0, 0.05) is 59.2 Å². The fourth-order valence-corrected chi connectivity index (χ4v) is 3.68. The predicted octanol–water partition coefficient (Wildman–Crippen LogP) is 2.66. The van der Waals surface area contributed by atoms with E-state index in [9.17, 15) is 0 Å². The second-order valence-corrected chi connectivity index (χ2v) is 8.54. The molecule has 31 heavy (non-hydrogen) atoms. The molecule has 1 aliphatic heterocycles. The first kappa shape index (κ1) is 23.8. The summed E-state index contributed by atoms with van der Waals surface area (Å²) in [6.07, 6.45) is 5.89. The van der Waals surface area contributed by atoms with Gasteiger partial charge in [-0.05, 0) is 62.8 Å². The Morgan fingerprint density at radius 2 is 2.00 bits per heavy atom. The maximum Gasteiger partial charge on any atom is 0.191 e. The van der Waals surface area contributed by atoms with Gasteiger partial charge in [-0.15, -0.1) is 0 Å². The number of nitrogens with one attached hydrogen (secondary N) is 2. The van der Waals surface area contributed by atoms with Crippen molar-refractivity contribution in [2.24, 2.45) is 10.9 Å². The third kappa shape index (κ3) is 9.46. The molecule has 3 rings (SSSR count). The summed E-state index contributed by atoms with van der Waals surface area (Å²) < 4.78 is 17.1. The SMILES string of the molecule is CN=C(NCCCOCC1CC1)NCc1cccc(OCCN(C)C2CCOCC2)c1. The van der Waals surface area contributed by atoms with Gasteiger partial charge in [0.2, 0.25) is 0 Å². The number of hydrogen-bond donors (Lipinski definition) is 2. The molecule has 0 amide bonds. The number of nitrogens with zero attached hydrogens (tertiary/aromatic N) is 2. The van der Waals surface area contributed by atoms with E-state index in [0.717, 1.165) is 76.4 Å². The van der Waals surface area contributed by atoms with Crippen LogP contribution in [-0.2, 0) is 16.0 Å². The van der Waals surface area contributed by atoms with Crippen LogP contribution >= 0.6 is 0 Å². The Kier molecular flexibility index (Phi) is 10.4. The van der Waals surface area contributed by atoms with Crippen LogP contribution in [0.2, 0.25) is 0 Å². The van der Waals surface area contributed by atoms with Crippen molar-refractivity contribution in [3.63, 3.8) is 0 Å². The largest absolute Gasteiger partial charge is 0.492 e. The van der Waals surface area contributed by atoms with E-state index in [0.29, 0.717) is 19.2 Å². The van der Waals surface area contributed by atoms with Crippen LogP contribution in [0.15, 0.2) is 29.3 Å². The molecule has 1 saturated carbocycles. The maximum atomic E-state index is 6.00. The van der Waals surface area contributed by atoms with Gasteiger partial charge in [-0.2, -0.15) is 0 Å². The molecular weight excluding hydrogens is 392 g/mol.